The minimum absolute atomic E-state index is 0.0718. The van der Waals surface area contributed by atoms with Gasteiger partial charge in [-0.1, -0.05) is 40.2 Å². The third-order valence-electron chi connectivity index (χ3n) is 3.11. The summed E-state index contributed by atoms with van der Waals surface area (Å²) in [6.07, 6.45) is 1.55. The first-order valence-electron chi connectivity index (χ1n) is 6.85. The van der Waals surface area contributed by atoms with Gasteiger partial charge in [-0.05, 0) is 35.9 Å². The maximum absolute atomic E-state index is 12.5. The maximum Gasteiger partial charge on any atom is 0.387 e. The molecule has 0 saturated heterocycles. The standard InChI is InChI=1S/C17H10BrF2NO3/c18-11-5-3-4-10(8-11)9-13-16(22)24-15(21-13)12-6-1-2-7-14(12)23-17(19)20/h1-9,17H/b13-9-. The van der Waals surface area contributed by atoms with E-state index in [1.54, 1.807) is 18.2 Å². The molecule has 2 aromatic carbocycles. The molecule has 1 aliphatic rings. The molecule has 1 heterocycles. The summed E-state index contributed by atoms with van der Waals surface area (Å²) in [6, 6.07) is 13.3. The van der Waals surface area contributed by atoms with E-state index < -0.39 is 12.6 Å². The van der Waals surface area contributed by atoms with Gasteiger partial charge in [0.2, 0.25) is 5.90 Å². The Morgan fingerprint density at radius 2 is 1.96 bits per heavy atom. The summed E-state index contributed by atoms with van der Waals surface area (Å²) in [7, 11) is 0. The first-order chi connectivity index (χ1) is 11.5. The van der Waals surface area contributed by atoms with Crippen LogP contribution in [0, 0.1) is 0 Å². The zero-order chi connectivity index (χ0) is 17.1. The molecule has 0 atom stereocenters. The largest absolute Gasteiger partial charge is 0.434 e. The second kappa shape index (κ2) is 6.92. The molecule has 0 saturated carbocycles. The highest BCUT2D eigenvalue weighted by molar-refractivity contribution is 9.10. The molecule has 4 nitrogen and oxygen atoms in total. The van der Waals surface area contributed by atoms with Gasteiger partial charge >= 0.3 is 12.6 Å². The monoisotopic (exact) mass is 393 g/mol. The summed E-state index contributed by atoms with van der Waals surface area (Å²) in [5, 5.41) is 0. The van der Waals surface area contributed by atoms with Gasteiger partial charge in [0.05, 0.1) is 5.56 Å². The lowest BCUT2D eigenvalue weighted by Crippen LogP contribution is -2.10. The topological polar surface area (TPSA) is 47.9 Å². The number of alkyl halides is 2. The average molecular weight is 394 g/mol. The summed E-state index contributed by atoms with van der Waals surface area (Å²) in [6.45, 7) is -2.99. The predicted octanol–water partition coefficient (Wildman–Crippen LogP) is 4.40. The number of halogens is 3. The number of ether oxygens (including phenoxy) is 2. The van der Waals surface area contributed by atoms with Crippen molar-refractivity contribution in [2.45, 2.75) is 6.61 Å². The average Bonchev–Trinajstić information content (AvgIpc) is 2.88. The number of nitrogens with zero attached hydrogens (tertiary/aromatic N) is 1. The van der Waals surface area contributed by atoms with Crippen molar-refractivity contribution in [3.8, 4) is 5.75 Å². The number of hydrogen-bond donors (Lipinski definition) is 0. The Labute approximate surface area is 144 Å². The van der Waals surface area contributed by atoms with Crippen LogP contribution in [-0.4, -0.2) is 18.5 Å². The van der Waals surface area contributed by atoms with Crippen LogP contribution in [0.25, 0.3) is 6.08 Å². The number of hydrogen-bond acceptors (Lipinski definition) is 4. The van der Waals surface area contributed by atoms with Gasteiger partial charge in [-0.25, -0.2) is 9.79 Å². The van der Waals surface area contributed by atoms with Crippen molar-refractivity contribution >= 4 is 33.9 Å². The van der Waals surface area contributed by atoms with Crippen molar-refractivity contribution in [1.82, 2.24) is 0 Å². The Morgan fingerprint density at radius 3 is 2.71 bits per heavy atom. The van der Waals surface area contributed by atoms with Crippen molar-refractivity contribution in [2.75, 3.05) is 0 Å². The third-order valence-corrected chi connectivity index (χ3v) is 3.60. The number of rotatable bonds is 4. The van der Waals surface area contributed by atoms with Crippen LogP contribution in [-0.2, 0) is 9.53 Å². The lowest BCUT2D eigenvalue weighted by atomic mass is 10.2. The summed E-state index contributed by atoms with van der Waals surface area (Å²) < 4.78 is 35.3. The van der Waals surface area contributed by atoms with E-state index in [2.05, 4.69) is 25.7 Å². The molecule has 0 unspecified atom stereocenters. The van der Waals surface area contributed by atoms with Crippen LogP contribution in [0.4, 0.5) is 8.78 Å². The maximum atomic E-state index is 12.5. The lowest BCUT2D eigenvalue weighted by molar-refractivity contribution is -0.129. The van der Waals surface area contributed by atoms with Crippen molar-refractivity contribution in [3.05, 3.63) is 69.8 Å². The minimum atomic E-state index is -2.99. The van der Waals surface area contributed by atoms with E-state index in [0.717, 1.165) is 10.0 Å². The highest BCUT2D eigenvalue weighted by Crippen LogP contribution is 2.26. The number of carbonyl (C=O) groups is 1. The van der Waals surface area contributed by atoms with E-state index in [1.165, 1.54) is 18.2 Å². The fourth-order valence-electron chi connectivity index (χ4n) is 2.12. The zero-order valence-corrected chi connectivity index (χ0v) is 13.7. The van der Waals surface area contributed by atoms with Gasteiger partial charge < -0.3 is 9.47 Å². The second-order valence-electron chi connectivity index (χ2n) is 4.77. The first-order valence-corrected chi connectivity index (χ1v) is 7.64. The minimum Gasteiger partial charge on any atom is -0.434 e. The van der Waals surface area contributed by atoms with Crippen LogP contribution < -0.4 is 4.74 Å². The van der Waals surface area contributed by atoms with Gasteiger partial charge in [0.15, 0.2) is 5.70 Å². The van der Waals surface area contributed by atoms with E-state index in [4.69, 9.17) is 4.74 Å². The molecule has 3 rings (SSSR count). The number of para-hydroxylation sites is 1. The van der Waals surface area contributed by atoms with Gasteiger partial charge in [0.1, 0.15) is 5.75 Å². The quantitative estimate of drug-likeness (QED) is 0.571. The van der Waals surface area contributed by atoms with E-state index in [1.807, 2.05) is 18.2 Å². The van der Waals surface area contributed by atoms with Crippen molar-refractivity contribution in [2.24, 2.45) is 4.99 Å². The molecule has 0 bridgehead atoms. The van der Waals surface area contributed by atoms with Crippen molar-refractivity contribution in [3.63, 3.8) is 0 Å². The van der Waals surface area contributed by atoms with Gasteiger partial charge in [-0.15, -0.1) is 0 Å². The molecular weight excluding hydrogens is 384 g/mol. The Bertz CT molecular complexity index is 849. The molecule has 7 heteroatoms. The van der Waals surface area contributed by atoms with Gasteiger partial charge in [-0.2, -0.15) is 8.78 Å². The summed E-state index contributed by atoms with van der Waals surface area (Å²) >= 11 is 3.34. The lowest BCUT2D eigenvalue weighted by Gasteiger charge is -2.08. The van der Waals surface area contributed by atoms with Crippen molar-refractivity contribution in [1.29, 1.82) is 0 Å². The van der Waals surface area contributed by atoms with Gasteiger partial charge in [0.25, 0.3) is 0 Å². The molecule has 1 aliphatic heterocycles. The Morgan fingerprint density at radius 1 is 1.17 bits per heavy atom. The Kier molecular flexibility index (Phi) is 4.71. The molecule has 0 N–H and O–H groups in total. The fourth-order valence-corrected chi connectivity index (χ4v) is 2.54. The van der Waals surface area contributed by atoms with E-state index in [-0.39, 0.29) is 22.9 Å². The Balaban J connectivity index is 1.95. The van der Waals surface area contributed by atoms with Crippen LogP contribution in [0.15, 0.2) is 63.7 Å². The number of cyclic esters (lactones) is 1. The molecule has 0 fully saturated rings. The van der Waals surface area contributed by atoms with Crippen LogP contribution in [0.3, 0.4) is 0 Å². The number of esters is 1. The second-order valence-corrected chi connectivity index (χ2v) is 5.68. The number of aliphatic imine (C=N–C) groups is 1. The third kappa shape index (κ3) is 3.68. The van der Waals surface area contributed by atoms with E-state index >= 15 is 0 Å². The van der Waals surface area contributed by atoms with Crippen LogP contribution in [0.2, 0.25) is 0 Å². The normalized spacial score (nSPS) is 15.6. The first kappa shape index (κ1) is 16.3. The van der Waals surface area contributed by atoms with Crippen molar-refractivity contribution < 1.29 is 23.0 Å². The summed E-state index contributed by atoms with van der Waals surface area (Å²) in [5.74, 6) is -0.836. The van der Waals surface area contributed by atoms with Crippen LogP contribution in [0.1, 0.15) is 11.1 Å². The van der Waals surface area contributed by atoms with Gasteiger partial charge in [0, 0.05) is 4.47 Å². The zero-order valence-electron chi connectivity index (χ0n) is 12.1. The van der Waals surface area contributed by atoms with Crippen LogP contribution in [0.5, 0.6) is 5.75 Å². The van der Waals surface area contributed by atoms with Gasteiger partial charge in [-0.3, -0.25) is 0 Å². The molecule has 2 aromatic rings. The highest BCUT2D eigenvalue weighted by atomic mass is 79.9. The van der Waals surface area contributed by atoms with E-state index in [0.29, 0.717) is 0 Å². The summed E-state index contributed by atoms with van der Waals surface area (Å²) in [5.41, 5.74) is 1.01. The molecule has 0 radical (unpaired) electrons. The summed E-state index contributed by atoms with van der Waals surface area (Å²) in [4.78, 5) is 16.1. The molecule has 122 valence electrons. The van der Waals surface area contributed by atoms with E-state index in [9.17, 15) is 13.6 Å². The molecular formula is C17H10BrF2NO3. The molecule has 0 aromatic heterocycles. The molecule has 24 heavy (non-hydrogen) atoms. The molecule has 0 amide bonds. The predicted molar refractivity (Wildman–Crippen MR) is 87.8 cm³/mol. The Hall–Kier alpha value is -2.54. The van der Waals surface area contributed by atoms with Crippen LogP contribution >= 0.6 is 15.9 Å². The smallest absolute Gasteiger partial charge is 0.387 e. The highest BCUT2D eigenvalue weighted by Gasteiger charge is 2.26. The molecule has 0 aliphatic carbocycles. The molecule has 0 spiro atoms. The number of benzene rings is 2. The SMILES string of the molecule is O=C1OC(c2ccccc2OC(F)F)=N/C1=C\c1cccc(Br)c1. The fraction of sp³-hybridized carbons (Fsp3) is 0.0588. The number of carbonyl (C=O) groups excluding carboxylic acids is 1.